The highest BCUT2D eigenvalue weighted by Crippen LogP contribution is 2.31. The predicted octanol–water partition coefficient (Wildman–Crippen LogP) is 2.12. The highest BCUT2D eigenvalue weighted by molar-refractivity contribution is 6.30. The second-order valence-electron chi connectivity index (χ2n) is 8.03. The van der Waals surface area contributed by atoms with Crippen molar-refractivity contribution in [3.05, 3.63) is 67.7 Å². The molecule has 0 spiro atoms. The molecule has 2 aromatic rings. The van der Waals surface area contributed by atoms with Crippen molar-refractivity contribution in [2.45, 2.75) is 57.8 Å². The van der Waals surface area contributed by atoms with Crippen LogP contribution in [0.2, 0.25) is 5.02 Å². The Balaban J connectivity index is 1.74. The third-order valence-corrected chi connectivity index (χ3v) is 5.96. The maximum Gasteiger partial charge on any atom is 0.330 e. The number of nitrogens with zero attached hydrogens (tertiary/aromatic N) is 1. The molecule has 3 rings (SSSR count). The summed E-state index contributed by atoms with van der Waals surface area (Å²) in [4.78, 5) is 37.7. The molecule has 0 amide bonds. The van der Waals surface area contributed by atoms with E-state index in [2.05, 4.69) is 0 Å². The van der Waals surface area contributed by atoms with Crippen LogP contribution in [-0.2, 0) is 25.6 Å². The smallest absolute Gasteiger partial charge is 0.330 e. The van der Waals surface area contributed by atoms with Crippen molar-refractivity contribution in [2.75, 3.05) is 6.61 Å². The molecular weight excluding hydrogens is 457 g/mol. The van der Waals surface area contributed by atoms with Gasteiger partial charge in [-0.1, -0.05) is 44.0 Å². The predicted molar refractivity (Wildman–Crippen MR) is 118 cm³/mol. The number of halogens is 2. The molecule has 9 nitrogen and oxygen atoms in total. The van der Waals surface area contributed by atoms with Crippen molar-refractivity contribution >= 4 is 17.6 Å². The number of aromatic nitrogens is 2. The minimum atomic E-state index is -1.12. The molecule has 1 aromatic carbocycles. The number of esters is 1. The molecule has 180 valence electrons. The van der Waals surface area contributed by atoms with Gasteiger partial charge in [-0.15, -0.1) is 0 Å². The first-order valence-electron chi connectivity index (χ1n) is 10.6. The van der Waals surface area contributed by atoms with E-state index in [1.165, 1.54) is 0 Å². The molecule has 0 radical (unpaired) electrons. The number of rotatable bonds is 9. The zero-order valence-electron chi connectivity index (χ0n) is 18.3. The summed E-state index contributed by atoms with van der Waals surface area (Å²) in [5.74, 6) is -1.75. The maximum absolute atomic E-state index is 13.8. The van der Waals surface area contributed by atoms with Gasteiger partial charge in [-0.2, -0.15) is 4.39 Å². The van der Waals surface area contributed by atoms with Gasteiger partial charge in [0.2, 0.25) is 5.82 Å². The summed E-state index contributed by atoms with van der Waals surface area (Å²) in [5, 5.41) is 0.588. The first-order chi connectivity index (χ1) is 15.7. The average Bonchev–Trinajstić information content (AvgIpc) is 3.21. The van der Waals surface area contributed by atoms with Crippen LogP contribution in [-0.4, -0.2) is 40.4 Å². The lowest BCUT2D eigenvalue weighted by atomic mass is 10.0. The number of ether oxygens (including phenoxy) is 3. The van der Waals surface area contributed by atoms with Gasteiger partial charge in [-0.05, 0) is 23.6 Å². The van der Waals surface area contributed by atoms with Crippen LogP contribution in [0.4, 0.5) is 4.39 Å². The molecule has 0 aliphatic carbocycles. The Labute approximate surface area is 194 Å². The quantitative estimate of drug-likeness (QED) is 0.523. The molecule has 3 N–H and O–H groups in total. The molecule has 33 heavy (non-hydrogen) atoms. The molecule has 0 bridgehead atoms. The molecule has 1 aromatic heterocycles. The molecule has 1 saturated heterocycles. The third kappa shape index (κ3) is 6.29. The minimum absolute atomic E-state index is 0.0607. The molecule has 5 atom stereocenters. The Morgan fingerprint density at radius 1 is 1.36 bits per heavy atom. The van der Waals surface area contributed by atoms with Gasteiger partial charge in [0.25, 0.3) is 5.56 Å². The van der Waals surface area contributed by atoms with Gasteiger partial charge in [-0.25, -0.2) is 4.79 Å². The van der Waals surface area contributed by atoms with E-state index in [1.807, 2.05) is 18.8 Å². The summed E-state index contributed by atoms with van der Waals surface area (Å²) in [6.45, 7) is 3.82. The van der Waals surface area contributed by atoms with Gasteiger partial charge in [0.05, 0.1) is 18.9 Å². The van der Waals surface area contributed by atoms with Crippen LogP contribution >= 0.6 is 11.6 Å². The lowest BCUT2D eigenvalue weighted by Gasteiger charge is -2.21. The maximum atomic E-state index is 13.8. The first-order valence-corrected chi connectivity index (χ1v) is 11.0. The monoisotopic (exact) mass is 483 g/mol. The number of hydrogen-bond donors (Lipinski definition) is 2. The first kappa shape index (κ1) is 25.1. The number of H-pyrrole nitrogens is 1. The number of benzene rings is 1. The van der Waals surface area contributed by atoms with Crippen LogP contribution in [0.1, 0.15) is 38.5 Å². The Morgan fingerprint density at radius 3 is 2.73 bits per heavy atom. The number of nitrogens with one attached hydrogen (secondary N) is 1. The van der Waals surface area contributed by atoms with E-state index < -0.39 is 47.5 Å². The summed E-state index contributed by atoms with van der Waals surface area (Å²) >= 11 is 5.91. The number of carbonyl (C=O) groups is 1. The molecular formula is C22H27ClFN3O6. The highest BCUT2D eigenvalue weighted by atomic mass is 35.5. The summed E-state index contributed by atoms with van der Waals surface area (Å²) < 4.78 is 31.9. The van der Waals surface area contributed by atoms with Crippen LogP contribution in [0, 0.1) is 11.7 Å². The number of hydrogen-bond acceptors (Lipinski definition) is 7. The van der Waals surface area contributed by atoms with Crippen molar-refractivity contribution in [3.63, 3.8) is 0 Å². The normalized spacial score (nSPS) is 22.2. The van der Waals surface area contributed by atoms with Crippen LogP contribution in [0.3, 0.4) is 0 Å². The Morgan fingerprint density at radius 2 is 2.06 bits per heavy atom. The van der Waals surface area contributed by atoms with Crippen molar-refractivity contribution < 1.29 is 23.4 Å². The van der Waals surface area contributed by atoms with E-state index in [-0.39, 0.29) is 25.6 Å². The molecule has 1 aliphatic rings. The van der Waals surface area contributed by atoms with Crippen LogP contribution in [0.5, 0.6) is 0 Å². The molecule has 0 saturated carbocycles. The van der Waals surface area contributed by atoms with Crippen molar-refractivity contribution in [3.8, 4) is 0 Å². The lowest BCUT2D eigenvalue weighted by Crippen LogP contribution is -2.40. The second-order valence-corrected chi connectivity index (χ2v) is 8.46. The van der Waals surface area contributed by atoms with Gasteiger partial charge < -0.3 is 19.9 Å². The lowest BCUT2D eigenvalue weighted by molar-refractivity contribution is -0.154. The zero-order valence-corrected chi connectivity index (χ0v) is 19.1. The molecule has 2 heterocycles. The Hall–Kier alpha value is -2.53. The number of carbonyl (C=O) groups excluding carboxylic acids is 1. The standard InChI is InChI=1S/C22H27ClFN3O6/c1-3-12(2)19(25)21(29)32-11-17-16(31-10-13-4-6-14(23)7-5-13)8-18(33-17)27-9-15(24)20(28)26-22(27)30/h4-7,9,12,16-19H,3,8,10-11,25H2,1-2H3,(H,26,28,30)/t12?,16-,17+,18+,19?/m0/s1. The van der Waals surface area contributed by atoms with Crippen molar-refractivity contribution in [1.82, 2.24) is 9.55 Å². The summed E-state index contributed by atoms with van der Waals surface area (Å²) in [5.41, 5.74) is 4.84. The minimum Gasteiger partial charge on any atom is -0.462 e. The molecule has 2 unspecified atom stereocenters. The average molecular weight is 484 g/mol. The van der Waals surface area contributed by atoms with Crippen molar-refractivity contribution in [1.29, 1.82) is 0 Å². The summed E-state index contributed by atoms with van der Waals surface area (Å²) in [6.07, 6.45) is -0.580. The topological polar surface area (TPSA) is 126 Å². The van der Waals surface area contributed by atoms with Crippen LogP contribution < -0.4 is 17.0 Å². The third-order valence-electron chi connectivity index (χ3n) is 5.71. The van der Waals surface area contributed by atoms with E-state index in [1.54, 1.807) is 24.3 Å². The van der Waals surface area contributed by atoms with Crippen LogP contribution in [0.25, 0.3) is 0 Å². The van der Waals surface area contributed by atoms with Gasteiger partial charge in [-0.3, -0.25) is 19.1 Å². The highest BCUT2D eigenvalue weighted by Gasteiger charge is 2.39. The molecule has 1 fully saturated rings. The molecule has 1 aliphatic heterocycles. The van der Waals surface area contributed by atoms with E-state index in [0.717, 1.165) is 16.3 Å². The number of aromatic amines is 1. The fraction of sp³-hybridized carbons (Fsp3) is 0.500. The Kier molecular flexibility index (Phi) is 8.41. The fourth-order valence-electron chi connectivity index (χ4n) is 3.40. The second kappa shape index (κ2) is 11.1. The SMILES string of the molecule is CCC(C)C(N)C(=O)OC[C@H]1O[C@@H](n2cc(F)c(=O)[nH]c2=O)C[C@@H]1OCc1ccc(Cl)cc1. The fourth-order valence-corrected chi connectivity index (χ4v) is 3.53. The van der Waals surface area contributed by atoms with E-state index in [9.17, 15) is 18.8 Å². The Bertz CT molecular complexity index is 1070. The van der Waals surface area contributed by atoms with Crippen LogP contribution in [0.15, 0.2) is 40.1 Å². The van der Waals surface area contributed by atoms with Gasteiger partial charge >= 0.3 is 11.7 Å². The van der Waals surface area contributed by atoms with E-state index in [0.29, 0.717) is 11.4 Å². The van der Waals surface area contributed by atoms with Gasteiger partial charge in [0, 0.05) is 11.4 Å². The largest absolute Gasteiger partial charge is 0.462 e. The van der Waals surface area contributed by atoms with E-state index in [4.69, 9.17) is 31.5 Å². The van der Waals surface area contributed by atoms with Gasteiger partial charge in [0.1, 0.15) is 25.0 Å². The summed E-state index contributed by atoms with van der Waals surface area (Å²) in [6, 6.07) is 6.28. The van der Waals surface area contributed by atoms with Crippen molar-refractivity contribution in [2.24, 2.45) is 11.7 Å². The number of nitrogens with two attached hydrogens (primary N) is 1. The van der Waals surface area contributed by atoms with Gasteiger partial charge in [0.15, 0.2) is 0 Å². The molecule has 11 heteroatoms. The van der Waals surface area contributed by atoms with E-state index >= 15 is 0 Å². The zero-order chi connectivity index (χ0) is 24.1. The summed E-state index contributed by atoms with van der Waals surface area (Å²) in [7, 11) is 0.